The third-order valence-electron chi connectivity index (χ3n) is 4.05. The molecule has 3 N–H and O–H groups in total. The number of carbonyl (C=O) groups is 3. The van der Waals surface area contributed by atoms with Crippen molar-refractivity contribution in [2.45, 2.75) is 70.9 Å². The van der Waals surface area contributed by atoms with Gasteiger partial charge in [-0.25, -0.2) is 9.78 Å². The molecule has 0 aliphatic carbocycles. The molecular formula is C18H30N4O4. The van der Waals surface area contributed by atoms with Gasteiger partial charge in [0.25, 0.3) is 0 Å². The molecule has 0 aliphatic heterocycles. The summed E-state index contributed by atoms with van der Waals surface area (Å²) in [7, 11) is 1.26. The van der Waals surface area contributed by atoms with Crippen molar-refractivity contribution in [3.8, 4) is 0 Å². The van der Waals surface area contributed by atoms with E-state index < -0.39 is 24.0 Å². The molecule has 1 aromatic rings. The molecule has 8 heteroatoms. The fourth-order valence-electron chi connectivity index (χ4n) is 2.53. The Kier molecular flexibility index (Phi) is 10.0. The molecule has 8 nitrogen and oxygen atoms in total. The first-order valence-corrected chi connectivity index (χ1v) is 9.12. The van der Waals surface area contributed by atoms with Crippen LogP contribution in [-0.4, -0.2) is 46.9 Å². The molecule has 1 heterocycles. The van der Waals surface area contributed by atoms with Crippen molar-refractivity contribution < 1.29 is 19.1 Å². The van der Waals surface area contributed by atoms with Crippen LogP contribution in [0.4, 0.5) is 0 Å². The van der Waals surface area contributed by atoms with Crippen LogP contribution in [0.25, 0.3) is 0 Å². The van der Waals surface area contributed by atoms with E-state index in [0.717, 1.165) is 37.8 Å². The van der Waals surface area contributed by atoms with Gasteiger partial charge in [0, 0.05) is 24.7 Å². The van der Waals surface area contributed by atoms with Crippen LogP contribution in [0.5, 0.6) is 0 Å². The van der Waals surface area contributed by atoms with Gasteiger partial charge < -0.3 is 20.4 Å². The molecule has 1 aromatic heterocycles. The van der Waals surface area contributed by atoms with E-state index in [9.17, 15) is 14.4 Å². The SMILES string of the molecule is CCCCCCCC(=O)NC(Cc1cnc[nH]1)C(=O)NC(C)C(=O)OC. The van der Waals surface area contributed by atoms with Gasteiger partial charge in [0.05, 0.1) is 13.4 Å². The summed E-state index contributed by atoms with van der Waals surface area (Å²) in [5, 5.41) is 5.33. The largest absolute Gasteiger partial charge is 0.467 e. The van der Waals surface area contributed by atoms with E-state index in [2.05, 4.69) is 32.3 Å². The molecule has 0 saturated heterocycles. The fraction of sp³-hybridized carbons (Fsp3) is 0.667. The second-order valence-electron chi connectivity index (χ2n) is 6.32. The third-order valence-corrected chi connectivity index (χ3v) is 4.05. The molecule has 0 spiro atoms. The van der Waals surface area contributed by atoms with Crippen LogP contribution >= 0.6 is 0 Å². The van der Waals surface area contributed by atoms with Crippen molar-refractivity contribution in [2.24, 2.45) is 0 Å². The summed E-state index contributed by atoms with van der Waals surface area (Å²) in [6.45, 7) is 3.67. The van der Waals surface area contributed by atoms with Gasteiger partial charge in [0.2, 0.25) is 11.8 Å². The highest BCUT2D eigenvalue weighted by atomic mass is 16.5. The number of nitrogens with one attached hydrogen (secondary N) is 3. The van der Waals surface area contributed by atoms with Gasteiger partial charge in [-0.15, -0.1) is 0 Å². The lowest BCUT2D eigenvalue weighted by atomic mass is 10.1. The second kappa shape index (κ2) is 12.1. The Morgan fingerprint density at radius 2 is 1.92 bits per heavy atom. The van der Waals surface area contributed by atoms with Crippen LogP contribution in [0.1, 0.15) is 58.1 Å². The van der Waals surface area contributed by atoms with Crippen LogP contribution < -0.4 is 10.6 Å². The summed E-state index contributed by atoms with van der Waals surface area (Å²) in [5.74, 6) is -1.15. The average Bonchev–Trinajstić information content (AvgIpc) is 3.13. The van der Waals surface area contributed by atoms with E-state index in [0.29, 0.717) is 6.42 Å². The summed E-state index contributed by atoms with van der Waals surface area (Å²) in [6, 6.07) is -1.58. The van der Waals surface area contributed by atoms with Crippen molar-refractivity contribution in [3.63, 3.8) is 0 Å². The minimum absolute atomic E-state index is 0.174. The van der Waals surface area contributed by atoms with E-state index >= 15 is 0 Å². The number of methoxy groups -OCH3 is 1. The standard InChI is InChI=1S/C18H30N4O4/c1-4-5-6-7-8-9-16(23)22-15(10-14-11-19-12-20-14)17(24)21-13(2)18(25)26-3/h11-13,15H,4-10H2,1-3H3,(H,19,20)(H,21,24)(H,22,23). The van der Waals surface area contributed by atoms with Crippen LogP contribution in [0.2, 0.25) is 0 Å². The van der Waals surface area contributed by atoms with Crippen LogP contribution in [-0.2, 0) is 25.5 Å². The summed E-state index contributed by atoms with van der Waals surface area (Å²) >= 11 is 0. The molecule has 0 bridgehead atoms. The summed E-state index contributed by atoms with van der Waals surface area (Å²) in [4.78, 5) is 43.0. The predicted molar refractivity (Wildman–Crippen MR) is 97.2 cm³/mol. The van der Waals surface area contributed by atoms with E-state index in [1.54, 1.807) is 6.20 Å². The highest BCUT2D eigenvalue weighted by Crippen LogP contribution is 2.06. The Morgan fingerprint density at radius 3 is 2.54 bits per heavy atom. The van der Waals surface area contributed by atoms with Crippen molar-refractivity contribution >= 4 is 17.8 Å². The van der Waals surface area contributed by atoms with Gasteiger partial charge in [-0.05, 0) is 13.3 Å². The highest BCUT2D eigenvalue weighted by molar-refractivity contribution is 5.90. The number of rotatable bonds is 12. The second-order valence-corrected chi connectivity index (χ2v) is 6.32. The van der Waals surface area contributed by atoms with Gasteiger partial charge in [-0.2, -0.15) is 0 Å². The number of imidazole rings is 1. The molecule has 26 heavy (non-hydrogen) atoms. The van der Waals surface area contributed by atoms with Crippen molar-refractivity contribution in [1.29, 1.82) is 0 Å². The first-order chi connectivity index (χ1) is 12.5. The number of hydrogen-bond acceptors (Lipinski definition) is 5. The number of unbranched alkanes of at least 4 members (excludes halogenated alkanes) is 4. The molecular weight excluding hydrogens is 336 g/mol. The number of ether oxygens (including phenoxy) is 1. The van der Waals surface area contributed by atoms with Crippen LogP contribution in [0, 0.1) is 0 Å². The maximum Gasteiger partial charge on any atom is 0.328 e. The summed E-state index contributed by atoms with van der Waals surface area (Å²) in [6.07, 6.45) is 8.97. The highest BCUT2D eigenvalue weighted by Gasteiger charge is 2.25. The predicted octanol–water partition coefficient (Wildman–Crippen LogP) is 1.48. The van der Waals surface area contributed by atoms with Gasteiger partial charge in [-0.1, -0.05) is 32.6 Å². The van der Waals surface area contributed by atoms with Crippen molar-refractivity contribution in [2.75, 3.05) is 7.11 Å². The molecule has 146 valence electrons. The Balaban J connectivity index is 2.59. The zero-order valence-corrected chi connectivity index (χ0v) is 15.8. The van der Waals surface area contributed by atoms with Crippen LogP contribution in [0.3, 0.4) is 0 Å². The Labute approximate surface area is 154 Å². The number of amides is 2. The maximum absolute atomic E-state index is 12.5. The first-order valence-electron chi connectivity index (χ1n) is 9.12. The molecule has 2 unspecified atom stereocenters. The maximum atomic E-state index is 12.5. The number of nitrogens with zero attached hydrogens (tertiary/aromatic N) is 1. The van der Waals surface area contributed by atoms with Gasteiger partial charge in [0.15, 0.2) is 0 Å². The first kappa shape index (κ1) is 21.7. The Morgan fingerprint density at radius 1 is 1.19 bits per heavy atom. The number of carbonyl (C=O) groups excluding carboxylic acids is 3. The minimum atomic E-state index is -0.789. The van der Waals surface area contributed by atoms with Crippen molar-refractivity contribution in [3.05, 3.63) is 18.2 Å². The number of hydrogen-bond donors (Lipinski definition) is 3. The average molecular weight is 366 g/mol. The number of aromatic nitrogens is 2. The molecule has 0 saturated carbocycles. The lowest BCUT2D eigenvalue weighted by molar-refractivity contribution is -0.144. The van der Waals surface area contributed by atoms with E-state index in [-0.39, 0.29) is 12.3 Å². The quantitative estimate of drug-likeness (QED) is 0.383. The molecule has 1 rings (SSSR count). The lowest BCUT2D eigenvalue weighted by Crippen LogP contribution is -2.51. The fourth-order valence-corrected chi connectivity index (χ4v) is 2.53. The molecule has 0 fully saturated rings. The summed E-state index contributed by atoms with van der Waals surface area (Å²) in [5.41, 5.74) is 0.721. The Hall–Kier alpha value is -2.38. The zero-order chi connectivity index (χ0) is 19.4. The van der Waals surface area contributed by atoms with Gasteiger partial charge in [-0.3, -0.25) is 9.59 Å². The summed E-state index contributed by atoms with van der Waals surface area (Å²) < 4.78 is 4.61. The topological polar surface area (TPSA) is 113 Å². The van der Waals surface area contributed by atoms with E-state index in [1.165, 1.54) is 20.4 Å². The normalized spacial score (nSPS) is 12.9. The monoisotopic (exact) mass is 366 g/mol. The van der Waals surface area contributed by atoms with Gasteiger partial charge in [0.1, 0.15) is 12.1 Å². The molecule has 0 aromatic carbocycles. The van der Waals surface area contributed by atoms with Crippen molar-refractivity contribution in [1.82, 2.24) is 20.6 Å². The number of aromatic amines is 1. The smallest absolute Gasteiger partial charge is 0.328 e. The van der Waals surface area contributed by atoms with Crippen LogP contribution in [0.15, 0.2) is 12.5 Å². The van der Waals surface area contributed by atoms with E-state index in [1.807, 2.05) is 0 Å². The van der Waals surface area contributed by atoms with E-state index in [4.69, 9.17) is 0 Å². The number of esters is 1. The zero-order valence-electron chi connectivity index (χ0n) is 15.8. The lowest BCUT2D eigenvalue weighted by Gasteiger charge is -2.20. The van der Waals surface area contributed by atoms with Gasteiger partial charge >= 0.3 is 5.97 Å². The Bertz CT molecular complexity index is 560. The molecule has 2 atom stereocenters. The minimum Gasteiger partial charge on any atom is -0.467 e. The molecule has 0 aliphatic rings. The molecule has 0 radical (unpaired) electrons. The number of H-pyrrole nitrogens is 1. The third kappa shape index (κ3) is 8.13. The molecule has 2 amide bonds.